The van der Waals surface area contributed by atoms with Crippen molar-refractivity contribution in [3.8, 4) is 5.75 Å². The normalized spacial score (nSPS) is 9.73. The van der Waals surface area contributed by atoms with Crippen LogP contribution >= 0.6 is 23.2 Å². The molecule has 1 rings (SSSR count). The predicted octanol–water partition coefficient (Wildman–Crippen LogP) is 2.48. The van der Waals surface area contributed by atoms with Crippen LogP contribution in [0, 0.1) is 0 Å². The van der Waals surface area contributed by atoms with Gasteiger partial charge in [-0.2, -0.15) is 0 Å². The Balaban J connectivity index is 3.06. The summed E-state index contributed by atoms with van der Waals surface area (Å²) in [5.74, 6) is 1.06. The molecule has 0 saturated heterocycles. The molecule has 0 saturated carbocycles. The number of halogens is 2. The number of alkyl halides is 1. The van der Waals surface area contributed by atoms with Gasteiger partial charge >= 0.3 is 0 Å². The Morgan fingerprint density at radius 3 is 2.91 bits per heavy atom. The number of rotatable bonds is 2. The predicted molar refractivity (Wildman–Crippen MR) is 45.4 cm³/mol. The highest BCUT2D eigenvalue weighted by Crippen LogP contribution is 2.21. The molecule has 0 radical (unpaired) electrons. The largest absolute Gasteiger partial charge is 0.496 e. The highest BCUT2D eigenvalue weighted by atomic mass is 35.5. The Morgan fingerprint density at radius 1 is 1.64 bits per heavy atom. The maximum atomic E-state index is 5.62. The van der Waals surface area contributed by atoms with E-state index < -0.39 is 0 Å². The Kier molecular flexibility index (Phi) is 2.97. The van der Waals surface area contributed by atoms with Gasteiger partial charge < -0.3 is 4.74 Å². The van der Waals surface area contributed by atoms with Crippen LogP contribution in [0.25, 0.3) is 0 Å². The van der Waals surface area contributed by atoms with Gasteiger partial charge in [-0.1, -0.05) is 11.6 Å². The van der Waals surface area contributed by atoms with Gasteiger partial charge in [0.15, 0.2) is 0 Å². The summed E-state index contributed by atoms with van der Waals surface area (Å²) >= 11 is 11.2. The minimum absolute atomic E-state index is 0.382. The quantitative estimate of drug-likeness (QED) is 0.530. The molecule has 0 N–H and O–H groups in total. The molecule has 1 aromatic rings. The summed E-state index contributed by atoms with van der Waals surface area (Å²) in [7, 11) is 1.57. The highest BCUT2D eigenvalue weighted by molar-refractivity contribution is 6.29. The Hall–Kier alpha value is -0.470. The second-order valence-corrected chi connectivity index (χ2v) is 2.61. The first-order valence-electron chi connectivity index (χ1n) is 3.02. The highest BCUT2D eigenvalue weighted by Gasteiger charge is 2.02. The monoisotopic (exact) mass is 191 g/mol. The number of ether oxygens (including phenoxy) is 1. The second kappa shape index (κ2) is 3.79. The fraction of sp³-hybridized carbons (Fsp3) is 0.286. The lowest BCUT2D eigenvalue weighted by Gasteiger charge is -2.03. The second-order valence-electron chi connectivity index (χ2n) is 1.95. The van der Waals surface area contributed by atoms with E-state index >= 15 is 0 Å². The van der Waals surface area contributed by atoms with Gasteiger partial charge in [0.1, 0.15) is 10.9 Å². The molecule has 0 atom stereocenters. The average molecular weight is 192 g/mol. The molecule has 0 aromatic carbocycles. The van der Waals surface area contributed by atoms with Crippen LogP contribution in [0.2, 0.25) is 5.15 Å². The first kappa shape index (κ1) is 8.62. The van der Waals surface area contributed by atoms with Crippen LogP contribution in [0.15, 0.2) is 12.3 Å². The Morgan fingerprint density at radius 2 is 2.36 bits per heavy atom. The van der Waals surface area contributed by atoms with Crippen molar-refractivity contribution >= 4 is 23.2 Å². The molecule has 0 unspecified atom stereocenters. The lowest BCUT2D eigenvalue weighted by atomic mass is 10.3. The molecule has 0 amide bonds. The lowest BCUT2D eigenvalue weighted by molar-refractivity contribution is 0.410. The number of pyridine rings is 1. The molecule has 1 heterocycles. The van der Waals surface area contributed by atoms with Crippen LogP contribution in [0.4, 0.5) is 0 Å². The van der Waals surface area contributed by atoms with Crippen molar-refractivity contribution in [1.82, 2.24) is 4.98 Å². The maximum Gasteiger partial charge on any atom is 0.132 e. The smallest absolute Gasteiger partial charge is 0.132 e. The van der Waals surface area contributed by atoms with E-state index in [2.05, 4.69) is 4.98 Å². The first-order valence-corrected chi connectivity index (χ1v) is 3.93. The molecule has 0 bridgehead atoms. The minimum atomic E-state index is 0.382. The number of methoxy groups -OCH3 is 1. The molecule has 0 spiro atoms. The third kappa shape index (κ3) is 1.98. The summed E-state index contributed by atoms with van der Waals surface area (Å²) in [6.45, 7) is 0. The topological polar surface area (TPSA) is 22.1 Å². The van der Waals surface area contributed by atoms with Crippen molar-refractivity contribution in [2.45, 2.75) is 5.88 Å². The summed E-state index contributed by atoms with van der Waals surface area (Å²) in [6.07, 6.45) is 1.61. The Labute approximate surface area is 75.1 Å². The van der Waals surface area contributed by atoms with Gasteiger partial charge in [-0.15, -0.1) is 11.6 Å². The first-order chi connectivity index (χ1) is 5.27. The van der Waals surface area contributed by atoms with Crippen molar-refractivity contribution in [2.24, 2.45) is 0 Å². The van der Waals surface area contributed by atoms with E-state index in [1.807, 2.05) is 0 Å². The van der Waals surface area contributed by atoms with E-state index in [9.17, 15) is 0 Å². The van der Waals surface area contributed by atoms with E-state index in [1.54, 1.807) is 19.4 Å². The van der Waals surface area contributed by atoms with Gasteiger partial charge in [0, 0.05) is 17.8 Å². The third-order valence-electron chi connectivity index (χ3n) is 1.27. The number of aromatic nitrogens is 1. The summed E-state index contributed by atoms with van der Waals surface area (Å²) in [6, 6.07) is 1.64. The molecular weight excluding hydrogens is 185 g/mol. The van der Waals surface area contributed by atoms with E-state index in [-0.39, 0.29) is 0 Å². The number of hydrogen-bond acceptors (Lipinski definition) is 2. The maximum absolute atomic E-state index is 5.62. The molecule has 11 heavy (non-hydrogen) atoms. The van der Waals surface area contributed by atoms with Gasteiger partial charge in [-0.25, -0.2) is 4.98 Å². The van der Waals surface area contributed by atoms with Gasteiger partial charge in [0.25, 0.3) is 0 Å². The minimum Gasteiger partial charge on any atom is -0.496 e. The van der Waals surface area contributed by atoms with Gasteiger partial charge in [0.05, 0.1) is 13.0 Å². The summed E-state index contributed by atoms with van der Waals surface area (Å²) in [5, 5.41) is 0.413. The van der Waals surface area contributed by atoms with Gasteiger partial charge in [-0.05, 0) is 0 Å². The van der Waals surface area contributed by atoms with E-state index in [0.29, 0.717) is 16.8 Å². The van der Waals surface area contributed by atoms with Crippen LogP contribution in [0.3, 0.4) is 0 Å². The number of hydrogen-bond donors (Lipinski definition) is 0. The molecule has 4 heteroatoms. The zero-order valence-corrected chi connectivity index (χ0v) is 7.49. The van der Waals surface area contributed by atoms with Crippen molar-refractivity contribution in [2.75, 3.05) is 7.11 Å². The van der Waals surface area contributed by atoms with Crippen molar-refractivity contribution in [1.29, 1.82) is 0 Å². The molecule has 60 valence electrons. The van der Waals surface area contributed by atoms with Crippen molar-refractivity contribution in [3.05, 3.63) is 23.0 Å². The molecule has 0 aliphatic rings. The lowest BCUT2D eigenvalue weighted by Crippen LogP contribution is -1.90. The Bertz CT molecular complexity index is 252. The van der Waals surface area contributed by atoms with Gasteiger partial charge in [0.2, 0.25) is 0 Å². The molecule has 1 aromatic heterocycles. The van der Waals surface area contributed by atoms with Crippen molar-refractivity contribution in [3.63, 3.8) is 0 Å². The molecular formula is C7H7Cl2NO. The van der Waals surface area contributed by atoms with Crippen LogP contribution in [-0.4, -0.2) is 12.1 Å². The summed E-state index contributed by atoms with van der Waals surface area (Å²) < 4.78 is 5.01. The molecule has 0 fully saturated rings. The van der Waals surface area contributed by atoms with E-state index in [0.717, 1.165) is 5.56 Å². The third-order valence-corrected chi connectivity index (χ3v) is 1.77. The fourth-order valence-electron chi connectivity index (χ4n) is 0.732. The fourth-order valence-corrected chi connectivity index (χ4v) is 1.08. The van der Waals surface area contributed by atoms with Crippen LogP contribution in [0.1, 0.15) is 5.56 Å². The average Bonchev–Trinajstić information content (AvgIpc) is 2.04. The molecule has 0 aliphatic carbocycles. The van der Waals surface area contributed by atoms with E-state index in [4.69, 9.17) is 27.9 Å². The number of nitrogens with zero attached hydrogens (tertiary/aromatic N) is 1. The van der Waals surface area contributed by atoms with Crippen LogP contribution in [0.5, 0.6) is 5.75 Å². The summed E-state index contributed by atoms with van der Waals surface area (Å²) in [4.78, 5) is 3.86. The molecule has 0 aliphatic heterocycles. The summed E-state index contributed by atoms with van der Waals surface area (Å²) in [5.41, 5.74) is 0.846. The zero-order valence-electron chi connectivity index (χ0n) is 5.97. The van der Waals surface area contributed by atoms with Gasteiger partial charge in [-0.3, -0.25) is 0 Å². The van der Waals surface area contributed by atoms with Crippen LogP contribution < -0.4 is 4.74 Å². The standard InChI is InChI=1S/C7H7Cl2NO/c1-11-6-2-7(9)10-4-5(6)3-8/h2,4H,3H2,1H3. The van der Waals surface area contributed by atoms with E-state index in [1.165, 1.54) is 0 Å². The van der Waals surface area contributed by atoms with Crippen molar-refractivity contribution < 1.29 is 4.74 Å². The van der Waals surface area contributed by atoms with Crippen LogP contribution in [-0.2, 0) is 5.88 Å². The zero-order chi connectivity index (χ0) is 8.27. The SMILES string of the molecule is COc1cc(Cl)ncc1CCl. The molecule has 2 nitrogen and oxygen atoms in total.